The average Bonchev–Trinajstić information content (AvgIpc) is 3.08. The van der Waals surface area contributed by atoms with Crippen LogP contribution in [0, 0.1) is 0 Å². The Morgan fingerprint density at radius 3 is 2.42 bits per heavy atom. The first-order chi connectivity index (χ1) is 11.8. The summed E-state index contributed by atoms with van der Waals surface area (Å²) in [6.07, 6.45) is 5.47. The number of aromatic nitrogens is 1. The summed E-state index contributed by atoms with van der Waals surface area (Å²) in [4.78, 5) is 19.0. The number of carbonyl (C=O) groups is 1. The van der Waals surface area contributed by atoms with Crippen LogP contribution < -0.4 is 0 Å². The number of nitrogens with zero attached hydrogens (tertiary/aromatic N) is 1. The van der Waals surface area contributed by atoms with Gasteiger partial charge in [-0.3, -0.25) is 9.69 Å². The molecule has 1 N–H and O–H groups in total. The van der Waals surface area contributed by atoms with Gasteiger partial charge in [-0.1, -0.05) is 55.0 Å². The SMILES string of the molecule is O=C(c1c[nH]c2ccccc12)[C@@H](c1ccccc1)N1CCCCC1. The van der Waals surface area contributed by atoms with E-state index in [-0.39, 0.29) is 11.8 Å². The Morgan fingerprint density at radius 1 is 0.917 bits per heavy atom. The Kier molecular flexibility index (Phi) is 4.18. The van der Waals surface area contributed by atoms with Gasteiger partial charge in [0.25, 0.3) is 0 Å². The number of likely N-dealkylation sites (tertiary alicyclic amines) is 1. The third-order valence-corrected chi connectivity index (χ3v) is 4.97. The van der Waals surface area contributed by atoms with Crippen LogP contribution in [0.2, 0.25) is 0 Å². The number of hydrogen-bond donors (Lipinski definition) is 1. The number of piperidine rings is 1. The normalized spacial score (nSPS) is 17.0. The number of H-pyrrole nitrogens is 1. The molecular formula is C21H22N2O. The number of hydrogen-bond acceptors (Lipinski definition) is 2. The molecule has 0 unspecified atom stereocenters. The first-order valence-corrected chi connectivity index (χ1v) is 8.74. The van der Waals surface area contributed by atoms with Crippen molar-refractivity contribution >= 4 is 16.7 Å². The van der Waals surface area contributed by atoms with Crippen molar-refractivity contribution in [3.05, 3.63) is 71.9 Å². The predicted octanol–water partition coefficient (Wildman–Crippen LogP) is 4.58. The molecule has 3 nitrogen and oxygen atoms in total. The Hall–Kier alpha value is -2.39. The summed E-state index contributed by atoms with van der Waals surface area (Å²) in [7, 11) is 0. The Morgan fingerprint density at radius 2 is 1.62 bits per heavy atom. The zero-order valence-electron chi connectivity index (χ0n) is 13.7. The van der Waals surface area contributed by atoms with Crippen LogP contribution in [-0.4, -0.2) is 28.8 Å². The van der Waals surface area contributed by atoms with Gasteiger partial charge in [-0.05, 0) is 37.6 Å². The summed E-state index contributed by atoms with van der Waals surface area (Å²) in [6, 6.07) is 18.0. The van der Waals surface area contributed by atoms with Gasteiger partial charge in [0.15, 0.2) is 5.78 Å². The number of benzene rings is 2. The van der Waals surface area contributed by atoms with E-state index in [0.29, 0.717) is 0 Å². The molecule has 4 rings (SSSR count). The van der Waals surface area contributed by atoms with Gasteiger partial charge < -0.3 is 4.98 Å². The molecule has 0 amide bonds. The number of carbonyl (C=O) groups excluding carboxylic acids is 1. The average molecular weight is 318 g/mol. The fraction of sp³-hybridized carbons (Fsp3) is 0.286. The zero-order chi connectivity index (χ0) is 16.4. The highest BCUT2D eigenvalue weighted by Crippen LogP contribution is 2.30. The second-order valence-corrected chi connectivity index (χ2v) is 6.52. The maximum Gasteiger partial charge on any atom is 0.186 e. The lowest BCUT2D eigenvalue weighted by molar-refractivity contribution is 0.0784. The highest BCUT2D eigenvalue weighted by Gasteiger charge is 2.30. The van der Waals surface area contributed by atoms with Gasteiger partial charge in [-0.25, -0.2) is 0 Å². The summed E-state index contributed by atoms with van der Waals surface area (Å²) in [5.41, 5.74) is 2.91. The summed E-state index contributed by atoms with van der Waals surface area (Å²) < 4.78 is 0. The zero-order valence-corrected chi connectivity index (χ0v) is 13.7. The molecule has 122 valence electrons. The predicted molar refractivity (Wildman–Crippen MR) is 97.2 cm³/mol. The minimum Gasteiger partial charge on any atom is -0.360 e. The molecule has 0 radical (unpaired) electrons. The smallest absolute Gasteiger partial charge is 0.186 e. The molecule has 0 aliphatic carbocycles. The van der Waals surface area contributed by atoms with Crippen molar-refractivity contribution in [2.75, 3.05) is 13.1 Å². The lowest BCUT2D eigenvalue weighted by Gasteiger charge is -2.33. The summed E-state index contributed by atoms with van der Waals surface area (Å²) >= 11 is 0. The first kappa shape index (κ1) is 15.2. The van der Waals surface area contributed by atoms with E-state index < -0.39 is 0 Å². The molecule has 1 aliphatic heterocycles. The van der Waals surface area contributed by atoms with Gasteiger partial charge in [-0.15, -0.1) is 0 Å². The Labute approximate surface area is 142 Å². The van der Waals surface area contributed by atoms with Crippen LogP contribution in [0.1, 0.15) is 41.2 Å². The maximum atomic E-state index is 13.5. The molecule has 2 aromatic carbocycles. The first-order valence-electron chi connectivity index (χ1n) is 8.74. The molecule has 1 atom stereocenters. The van der Waals surface area contributed by atoms with Crippen LogP contribution in [0.5, 0.6) is 0 Å². The van der Waals surface area contributed by atoms with Gasteiger partial charge in [-0.2, -0.15) is 0 Å². The van der Waals surface area contributed by atoms with Crippen LogP contribution in [0.15, 0.2) is 60.8 Å². The van der Waals surface area contributed by atoms with Gasteiger partial charge in [0.05, 0.1) is 6.04 Å². The molecule has 3 aromatic rings. The molecule has 0 saturated carbocycles. The summed E-state index contributed by atoms with van der Waals surface area (Å²) in [6.45, 7) is 1.99. The number of rotatable bonds is 4. The second-order valence-electron chi connectivity index (χ2n) is 6.52. The Bertz CT molecular complexity index is 831. The van der Waals surface area contributed by atoms with E-state index in [1.165, 1.54) is 19.3 Å². The molecule has 2 heterocycles. The minimum atomic E-state index is -0.189. The molecule has 3 heteroatoms. The van der Waals surface area contributed by atoms with Crippen LogP contribution in [0.25, 0.3) is 10.9 Å². The van der Waals surface area contributed by atoms with Gasteiger partial charge in [0, 0.05) is 22.7 Å². The van der Waals surface area contributed by atoms with Crippen molar-refractivity contribution in [2.45, 2.75) is 25.3 Å². The van der Waals surface area contributed by atoms with Crippen molar-refractivity contribution in [3.63, 3.8) is 0 Å². The monoisotopic (exact) mass is 318 g/mol. The third-order valence-electron chi connectivity index (χ3n) is 4.97. The molecule has 0 bridgehead atoms. The minimum absolute atomic E-state index is 0.189. The quantitative estimate of drug-likeness (QED) is 0.715. The highest BCUT2D eigenvalue weighted by molar-refractivity contribution is 6.10. The number of aromatic amines is 1. The standard InChI is InChI=1S/C21H22N2O/c24-21(18-15-22-19-12-6-5-11-17(18)19)20(16-9-3-1-4-10-16)23-13-7-2-8-14-23/h1,3-6,9-12,15,20,22H,2,7-8,13-14H2/t20-/m1/s1. The third kappa shape index (κ3) is 2.76. The lowest BCUT2D eigenvalue weighted by Crippen LogP contribution is -2.38. The number of Topliss-reactive ketones (excluding diaryl/α,β-unsaturated/α-hetero) is 1. The topological polar surface area (TPSA) is 36.1 Å². The van der Waals surface area contributed by atoms with Gasteiger partial charge in [0.2, 0.25) is 0 Å². The van der Waals surface area contributed by atoms with E-state index in [9.17, 15) is 4.79 Å². The largest absolute Gasteiger partial charge is 0.360 e. The molecule has 1 fully saturated rings. The van der Waals surface area contributed by atoms with Crippen molar-refractivity contribution < 1.29 is 4.79 Å². The van der Waals surface area contributed by atoms with E-state index in [4.69, 9.17) is 0 Å². The van der Waals surface area contributed by atoms with Crippen molar-refractivity contribution in [1.82, 2.24) is 9.88 Å². The van der Waals surface area contributed by atoms with Crippen LogP contribution in [0.3, 0.4) is 0 Å². The number of nitrogens with one attached hydrogen (secondary N) is 1. The number of fused-ring (bicyclic) bond motifs is 1. The molecule has 1 aromatic heterocycles. The van der Waals surface area contributed by atoms with Gasteiger partial charge >= 0.3 is 0 Å². The maximum absolute atomic E-state index is 13.5. The molecule has 1 aliphatic rings. The number of ketones is 1. The molecular weight excluding hydrogens is 296 g/mol. The van der Waals surface area contributed by atoms with Crippen LogP contribution in [-0.2, 0) is 0 Å². The fourth-order valence-electron chi connectivity index (χ4n) is 3.76. The van der Waals surface area contributed by atoms with E-state index >= 15 is 0 Å². The fourth-order valence-corrected chi connectivity index (χ4v) is 3.76. The van der Waals surface area contributed by atoms with Crippen LogP contribution >= 0.6 is 0 Å². The molecule has 0 spiro atoms. The summed E-state index contributed by atoms with van der Waals surface area (Å²) in [5, 5.41) is 1.01. The van der Waals surface area contributed by atoms with Crippen LogP contribution in [0.4, 0.5) is 0 Å². The van der Waals surface area contributed by atoms with Gasteiger partial charge in [0.1, 0.15) is 0 Å². The summed E-state index contributed by atoms with van der Waals surface area (Å²) in [5.74, 6) is 0.195. The van der Waals surface area contributed by atoms with Crippen molar-refractivity contribution in [1.29, 1.82) is 0 Å². The number of para-hydroxylation sites is 1. The van der Waals surface area contributed by atoms with E-state index in [1.54, 1.807) is 0 Å². The van der Waals surface area contributed by atoms with E-state index in [2.05, 4.69) is 22.0 Å². The van der Waals surface area contributed by atoms with Crippen molar-refractivity contribution in [3.8, 4) is 0 Å². The molecule has 24 heavy (non-hydrogen) atoms. The highest BCUT2D eigenvalue weighted by atomic mass is 16.1. The Balaban J connectivity index is 1.76. The lowest BCUT2D eigenvalue weighted by atomic mass is 9.94. The van der Waals surface area contributed by atoms with Crippen molar-refractivity contribution in [2.24, 2.45) is 0 Å². The van der Waals surface area contributed by atoms with E-state index in [0.717, 1.165) is 35.1 Å². The van der Waals surface area contributed by atoms with E-state index in [1.807, 2.05) is 48.7 Å². The second kappa shape index (κ2) is 6.62. The molecule has 1 saturated heterocycles.